The van der Waals surface area contributed by atoms with Gasteiger partial charge >= 0.3 is 0 Å². The summed E-state index contributed by atoms with van der Waals surface area (Å²) in [7, 11) is 0. The second kappa shape index (κ2) is 7.33. The molecule has 0 saturated carbocycles. The van der Waals surface area contributed by atoms with Crippen LogP contribution in [0.4, 0.5) is 0 Å². The van der Waals surface area contributed by atoms with Gasteiger partial charge in [-0.15, -0.1) is 5.10 Å². The van der Waals surface area contributed by atoms with E-state index in [1.807, 2.05) is 4.68 Å². The van der Waals surface area contributed by atoms with Crippen LogP contribution >= 0.6 is 23.1 Å². The minimum atomic E-state index is -0.129. The van der Waals surface area contributed by atoms with Crippen molar-refractivity contribution in [3.8, 4) is 0 Å². The van der Waals surface area contributed by atoms with E-state index in [4.69, 9.17) is 17.3 Å². The summed E-state index contributed by atoms with van der Waals surface area (Å²) in [5, 5.41) is 9.48. The first-order chi connectivity index (χ1) is 10.1. The monoisotopic (exact) mass is 327 g/mol. The molecule has 21 heavy (non-hydrogen) atoms. The Balaban J connectivity index is 2.24. The van der Waals surface area contributed by atoms with E-state index in [9.17, 15) is 0 Å². The zero-order valence-electron chi connectivity index (χ0n) is 12.8. The van der Waals surface area contributed by atoms with Crippen molar-refractivity contribution in [2.24, 2.45) is 5.73 Å². The van der Waals surface area contributed by atoms with Crippen molar-refractivity contribution in [3.63, 3.8) is 0 Å². The molecule has 0 aromatic carbocycles. The molecule has 5 nitrogen and oxygen atoms in total. The molecule has 0 amide bonds. The minimum Gasteiger partial charge on any atom is -0.323 e. The van der Waals surface area contributed by atoms with Gasteiger partial charge in [0.2, 0.25) is 0 Å². The molecule has 1 unspecified atom stereocenters. The molecule has 2 rings (SSSR count). The first-order valence-electron chi connectivity index (χ1n) is 7.42. The van der Waals surface area contributed by atoms with Gasteiger partial charge in [-0.1, -0.05) is 36.4 Å². The molecule has 0 bridgehead atoms. The van der Waals surface area contributed by atoms with Gasteiger partial charge in [0, 0.05) is 19.0 Å². The first kappa shape index (κ1) is 16.4. The van der Waals surface area contributed by atoms with Gasteiger partial charge in [-0.05, 0) is 31.3 Å². The molecule has 0 spiro atoms. The smallest absolute Gasteiger partial charge is 0.0850 e. The Hall–Kier alpha value is -0.980. The molecule has 0 aliphatic rings. The van der Waals surface area contributed by atoms with E-state index in [1.165, 1.54) is 11.5 Å². The predicted octanol–water partition coefficient (Wildman–Crippen LogP) is 3.17. The summed E-state index contributed by atoms with van der Waals surface area (Å²) in [6.07, 6.45) is 3.46. The highest BCUT2D eigenvalue weighted by Crippen LogP contribution is 2.28. The number of nitrogens with zero attached hydrogens (tertiary/aromatic N) is 4. The Kier molecular flexibility index (Phi) is 5.72. The Bertz CT molecular complexity index is 592. The molecule has 0 radical (unpaired) electrons. The quantitative estimate of drug-likeness (QED) is 0.848. The maximum Gasteiger partial charge on any atom is 0.0850 e. The minimum absolute atomic E-state index is 0.129. The summed E-state index contributed by atoms with van der Waals surface area (Å²) < 4.78 is 6.00. The lowest BCUT2D eigenvalue weighted by Crippen LogP contribution is -2.16. The summed E-state index contributed by atoms with van der Waals surface area (Å²) in [5.41, 5.74) is 9.35. The van der Waals surface area contributed by atoms with Crippen LogP contribution in [0.5, 0.6) is 0 Å². The number of hydrogen-bond acceptors (Lipinski definition) is 5. The van der Waals surface area contributed by atoms with Crippen molar-refractivity contribution in [2.75, 3.05) is 0 Å². The molecule has 2 heterocycles. The van der Waals surface area contributed by atoms with Crippen molar-refractivity contribution < 1.29 is 0 Å². The molecule has 0 aliphatic heterocycles. The highest BCUT2D eigenvalue weighted by Gasteiger charge is 2.21. The van der Waals surface area contributed by atoms with Crippen LogP contribution < -0.4 is 5.73 Å². The summed E-state index contributed by atoms with van der Waals surface area (Å²) >= 11 is 7.84. The Morgan fingerprint density at radius 1 is 1.29 bits per heavy atom. The molecule has 116 valence electrons. The topological polar surface area (TPSA) is 69.6 Å². The van der Waals surface area contributed by atoms with Crippen LogP contribution in [0.3, 0.4) is 0 Å². The highest BCUT2D eigenvalue weighted by molar-refractivity contribution is 7.05. The third-order valence-electron chi connectivity index (χ3n) is 3.52. The lowest BCUT2D eigenvalue weighted by atomic mass is 10.1. The van der Waals surface area contributed by atoms with E-state index in [2.05, 4.69) is 35.5 Å². The number of aromatic nitrogens is 4. The van der Waals surface area contributed by atoms with Crippen LogP contribution in [0.25, 0.3) is 0 Å². The van der Waals surface area contributed by atoms with Crippen molar-refractivity contribution in [1.82, 2.24) is 19.4 Å². The largest absolute Gasteiger partial charge is 0.323 e. The summed E-state index contributed by atoms with van der Waals surface area (Å²) in [6, 6.07) is -0.129. The van der Waals surface area contributed by atoms with Crippen LogP contribution in [0.2, 0.25) is 5.02 Å². The van der Waals surface area contributed by atoms with Crippen molar-refractivity contribution >= 4 is 23.1 Å². The molecule has 7 heteroatoms. The predicted molar refractivity (Wildman–Crippen MR) is 86.8 cm³/mol. The van der Waals surface area contributed by atoms with E-state index in [0.29, 0.717) is 6.42 Å². The van der Waals surface area contributed by atoms with E-state index in [-0.39, 0.29) is 6.04 Å². The first-order valence-corrected chi connectivity index (χ1v) is 8.58. The van der Waals surface area contributed by atoms with E-state index in [1.54, 1.807) is 0 Å². The number of rotatable bonds is 7. The average molecular weight is 328 g/mol. The molecule has 2 aromatic rings. The molecule has 0 saturated heterocycles. The van der Waals surface area contributed by atoms with Gasteiger partial charge in [-0.2, -0.15) is 5.10 Å². The van der Waals surface area contributed by atoms with Crippen LogP contribution in [0.1, 0.15) is 55.2 Å². The van der Waals surface area contributed by atoms with E-state index >= 15 is 0 Å². The lowest BCUT2D eigenvalue weighted by Gasteiger charge is -2.12. The molecule has 1 atom stereocenters. The second-order valence-electron chi connectivity index (χ2n) is 5.02. The molecular formula is C14H22ClN5S. The third kappa shape index (κ3) is 3.44. The molecule has 2 N–H and O–H groups in total. The van der Waals surface area contributed by atoms with Gasteiger partial charge in [0.25, 0.3) is 0 Å². The zero-order valence-corrected chi connectivity index (χ0v) is 14.3. The number of aryl methyl sites for hydroxylation is 3. The van der Waals surface area contributed by atoms with E-state index < -0.39 is 0 Å². The summed E-state index contributed by atoms with van der Waals surface area (Å²) in [4.78, 5) is 1.06. The maximum absolute atomic E-state index is 6.45. The van der Waals surface area contributed by atoms with Crippen molar-refractivity contribution in [1.29, 1.82) is 0 Å². The lowest BCUT2D eigenvalue weighted by molar-refractivity contribution is 0.586. The molecule has 0 fully saturated rings. The fourth-order valence-corrected chi connectivity index (χ4v) is 3.46. The van der Waals surface area contributed by atoms with Gasteiger partial charge in [-0.25, -0.2) is 0 Å². The SMILES string of the molecule is CCCc1nnsc1C(N)Cc1c(Cl)c(CC)nn1CC. The maximum atomic E-state index is 6.45. The van der Waals surface area contributed by atoms with Gasteiger partial charge in [0.15, 0.2) is 0 Å². The normalized spacial score (nSPS) is 12.8. The van der Waals surface area contributed by atoms with Gasteiger partial charge in [0.1, 0.15) is 0 Å². The van der Waals surface area contributed by atoms with Crippen LogP contribution in [0.15, 0.2) is 0 Å². The fraction of sp³-hybridized carbons (Fsp3) is 0.643. The standard InChI is InChI=1S/C14H22ClN5S/c1-4-7-11-14(21-19-17-11)9(16)8-12-13(15)10(5-2)18-20(12)6-3/h9H,4-8,16H2,1-3H3. The van der Waals surface area contributed by atoms with Crippen molar-refractivity contribution in [2.45, 2.75) is 59.0 Å². The molecule has 0 aliphatic carbocycles. The van der Waals surface area contributed by atoms with Crippen LogP contribution in [-0.2, 0) is 25.8 Å². The van der Waals surface area contributed by atoms with Crippen LogP contribution in [-0.4, -0.2) is 19.4 Å². The summed E-state index contributed by atoms with van der Waals surface area (Å²) in [5.74, 6) is 0. The Labute approximate surface area is 134 Å². The van der Waals surface area contributed by atoms with Gasteiger partial charge < -0.3 is 5.73 Å². The van der Waals surface area contributed by atoms with Crippen molar-refractivity contribution in [3.05, 3.63) is 27.0 Å². The van der Waals surface area contributed by atoms with Gasteiger partial charge in [-0.3, -0.25) is 4.68 Å². The molecular weight excluding hydrogens is 306 g/mol. The highest BCUT2D eigenvalue weighted by atomic mass is 35.5. The average Bonchev–Trinajstić information content (AvgIpc) is 3.05. The number of hydrogen-bond donors (Lipinski definition) is 1. The van der Waals surface area contributed by atoms with Crippen LogP contribution in [0, 0.1) is 0 Å². The Morgan fingerprint density at radius 3 is 2.67 bits per heavy atom. The Morgan fingerprint density at radius 2 is 2.05 bits per heavy atom. The number of halogens is 1. The van der Waals surface area contributed by atoms with E-state index in [0.717, 1.165) is 52.8 Å². The second-order valence-corrected chi connectivity index (χ2v) is 6.18. The molecule has 2 aromatic heterocycles. The summed E-state index contributed by atoms with van der Waals surface area (Å²) in [6.45, 7) is 7.05. The number of nitrogens with two attached hydrogens (primary N) is 1. The zero-order chi connectivity index (χ0) is 15.4. The fourth-order valence-electron chi connectivity index (χ4n) is 2.42. The van der Waals surface area contributed by atoms with Gasteiger partial charge in [0.05, 0.1) is 27.0 Å². The third-order valence-corrected chi connectivity index (χ3v) is 4.85.